The van der Waals surface area contributed by atoms with Crippen LogP contribution in [-0.2, 0) is 9.53 Å². The van der Waals surface area contributed by atoms with Crippen LogP contribution in [0.4, 0.5) is 5.69 Å². The van der Waals surface area contributed by atoms with E-state index in [0.717, 1.165) is 52.7 Å². The monoisotopic (exact) mass is 541 g/mol. The largest absolute Gasteiger partial charge is 0.466 e. The fourth-order valence-corrected chi connectivity index (χ4v) is 5.60. The number of anilines is 1. The summed E-state index contributed by atoms with van der Waals surface area (Å²) in [6.45, 7) is 3.83. The molecule has 1 saturated heterocycles. The summed E-state index contributed by atoms with van der Waals surface area (Å²) in [5, 5.41) is 6.49. The van der Waals surface area contributed by atoms with E-state index in [1.165, 1.54) is 11.3 Å². The normalized spacial score (nSPS) is 13.9. The van der Waals surface area contributed by atoms with Crippen LogP contribution in [0.25, 0.3) is 11.1 Å². The van der Waals surface area contributed by atoms with E-state index in [1.54, 1.807) is 6.92 Å². The van der Waals surface area contributed by atoms with Gasteiger partial charge >= 0.3 is 5.97 Å². The van der Waals surface area contributed by atoms with Gasteiger partial charge in [-0.15, -0.1) is 11.3 Å². The average Bonchev–Trinajstić information content (AvgIpc) is 3.39. The average molecular weight is 542 g/mol. The maximum absolute atomic E-state index is 13.0. The molecule has 36 heavy (non-hydrogen) atoms. The SMILES string of the molecule is CCOC(=O)CCC(=S)N1CCC(c2nc(C(=O)Nc3ccccc3-c3ccc(Cl)cc3)cs2)CC1. The van der Waals surface area contributed by atoms with Crippen LogP contribution in [0.5, 0.6) is 0 Å². The van der Waals surface area contributed by atoms with Crippen molar-refractivity contribution < 1.29 is 14.3 Å². The Hall–Kier alpha value is -2.81. The Bertz CT molecular complexity index is 1220. The lowest BCUT2D eigenvalue weighted by atomic mass is 9.97. The van der Waals surface area contributed by atoms with Crippen molar-refractivity contribution in [1.82, 2.24) is 9.88 Å². The van der Waals surface area contributed by atoms with Gasteiger partial charge in [-0.1, -0.05) is 54.2 Å². The second-order valence-corrected chi connectivity index (χ2v) is 10.3. The van der Waals surface area contributed by atoms with Gasteiger partial charge in [0.2, 0.25) is 0 Å². The highest BCUT2D eigenvalue weighted by atomic mass is 35.5. The molecule has 4 rings (SSSR count). The Morgan fingerprint density at radius 3 is 2.58 bits per heavy atom. The first-order valence-corrected chi connectivity index (χ1v) is 13.7. The van der Waals surface area contributed by atoms with Crippen molar-refractivity contribution in [3.63, 3.8) is 0 Å². The summed E-state index contributed by atoms with van der Waals surface area (Å²) < 4.78 is 4.99. The number of likely N-dealkylation sites (tertiary alicyclic amines) is 1. The Morgan fingerprint density at radius 2 is 1.86 bits per heavy atom. The van der Waals surface area contributed by atoms with E-state index in [0.29, 0.717) is 36.1 Å². The van der Waals surface area contributed by atoms with E-state index in [1.807, 2.05) is 53.9 Å². The molecule has 1 aliphatic rings. The highest BCUT2D eigenvalue weighted by Crippen LogP contribution is 2.32. The van der Waals surface area contributed by atoms with Gasteiger partial charge in [-0.2, -0.15) is 0 Å². The molecule has 1 aliphatic heterocycles. The van der Waals surface area contributed by atoms with Crippen LogP contribution in [0.1, 0.15) is 54.0 Å². The molecule has 0 spiro atoms. The molecule has 1 aromatic heterocycles. The molecular formula is C27H28ClN3O3S2. The number of esters is 1. The van der Waals surface area contributed by atoms with Crippen LogP contribution < -0.4 is 5.32 Å². The minimum Gasteiger partial charge on any atom is -0.466 e. The minimum absolute atomic E-state index is 0.209. The third kappa shape index (κ3) is 6.69. The maximum atomic E-state index is 13.0. The number of thiazole rings is 1. The molecule has 1 amide bonds. The fourth-order valence-electron chi connectivity index (χ4n) is 4.22. The summed E-state index contributed by atoms with van der Waals surface area (Å²) in [5.41, 5.74) is 3.04. The fraction of sp³-hybridized carbons (Fsp3) is 0.333. The van der Waals surface area contributed by atoms with Crippen molar-refractivity contribution in [2.75, 3.05) is 25.0 Å². The molecule has 0 atom stereocenters. The number of nitrogens with zero attached hydrogens (tertiary/aromatic N) is 2. The molecule has 2 heterocycles. The first-order valence-electron chi connectivity index (χ1n) is 12.0. The van der Waals surface area contributed by atoms with Gasteiger partial charge in [-0.3, -0.25) is 9.59 Å². The Labute approximate surface area is 225 Å². The number of rotatable bonds is 8. The number of hydrogen-bond donors (Lipinski definition) is 1. The van der Waals surface area contributed by atoms with Gasteiger partial charge in [0.1, 0.15) is 5.69 Å². The van der Waals surface area contributed by atoms with Crippen LogP contribution in [-0.4, -0.2) is 46.4 Å². The third-order valence-corrected chi connectivity index (χ3v) is 7.85. The predicted molar refractivity (Wildman–Crippen MR) is 149 cm³/mol. The molecular weight excluding hydrogens is 514 g/mol. The van der Waals surface area contributed by atoms with E-state index in [-0.39, 0.29) is 11.9 Å². The lowest BCUT2D eigenvalue weighted by Gasteiger charge is -2.33. The van der Waals surface area contributed by atoms with Crippen LogP contribution >= 0.6 is 35.2 Å². The molecule has 2 aromatic carbocycles. The number of halogens is 1. The van der Waals surface area contributed by atoms with Crippen molar-refractivity contribution in [3.8, 4) is 11.1 Å². The van der Waals surface area contributed by atoms with E-state index in [4.69, 9.17) is 28.6 Å². The van der Waals surface area contributed by atoms with Crippen molar-refractivity contribution in [1.29, 1.82) is 0 Å². The molecule has 0 unspecified atom stereocenters. The predicted octanol–water partition coefficient (Wildman–Crippen LogP) is 6.57. The van der Waals surface area contributed by atoms with Gasteiger partial charge in [0, 0.05) is 47.1 Å². The van der Waals surface area contributed by atoms with Crippen molar-refractivity contribution in [2.45, 2.75) is 38.5 Å². The Kier molecular flexibility index (Phi) is 9.07. The van der Waals surface area contributed by atoms with Gasteiger partial charge in [0.15, 0.2) is 0 Å². The number of carbonyl (C=O) groups excluding carboxylic acids is 2. The summed E-state index contributed by atoms with van der Waals surface area (Å²) in [6, 6.07) is 15.2. The molecule has 0 saturated carbocycles. The van der Waals surface area contributed by atoms with E-state index < -0.39 is 0 Å². The molecule has 1 fully saturated rings. The quantitative estimate of drug-likeness (QED) is 0.257. The molecule has 6 nitrogen and oxygen atoms in total. The number of nitrogens with one attached hydrogen (secondary N) is 1. The maximum Gasteiger partial charge on any atom is 0.306 e. The number of ether oxygens (including phenoxy) is 1. The van der Waals surface area contributed by atoms with Crippen LogP contribution in [0, 0.1) is 0 Å². The van der Waals surface area contributed by atoms with E-state index in [9.17, 15) is 9.59 Å². The number of aromatic nitrogens is 1. The molecule has 1 N–H and O–H groups in total. The zero-order valence-electron chi connectivity index (χ0n) is 20.0. The van der Waals surface area contributed by atoms with Gasteiger partial charge in [0.25, 0.3) is 5.91 Å². The first kappa shape index (κ1) is 26.3. The number of piperidine rings is 1. The Balaban J connectivity index is 1.34. The van der Waals surface area contributed by atoms with E-state index >= 15 is 0 Å². The van der Waals surface area contributed by atoms with E-state index in [2.05, 4.69) is 15.2 Å². The number of para-hydroxylation sites is 1. The molecule has 0 bridgehead atoms. The number of benzene rings is 2. The lowest BCUT2D eigenvalue weighted by Crippen LogP contribution is -2.37. The summed E-state index contributed by atoms with van der Waals surface area (Å²) in [4.78, 5) is 32.3. The van der Waals surface area contributed by atoms with Gasteiger partial charge < -0.3 is 15.0 Å². The highest BCUT2D eigenvalue weighted by Gasteiger charge is 2.25. The van der Waals surface area contributed by atoms with Crippen molar-refractivity contribution in [2.24, 2.45) is 0 Å². The molecule has 3 aromatic rings. The zero-order valence-corrected chi connectivity index (χ0v) is 22.4. The summed E-state index contributed by atoms with van der Waals surface area (Å²) in [5.74, 6) is -0.141. The summed E-state index contributed by atoms with van der Waals surface area (Å²) in [6.07, 6.45) is 2.68. The van der Waals surface area contributed by atoms with Crippen LogP contribution in [0.15, 0.2) is 53.9 Å². The minimum atomic E-state index is -0.225. The number of carbonyl (C=O) groups is 2. The Morgan fingerprint density at radius 1 is 1.14 bits per heavy atom. The second-order valence-electron chi connectivity index (χ2n) is 8.54. The van der Waals surface area contributed by atoms with Gasteiger partial charge in [-0.25, -0.2) is 4.98 Å². The topological polar surface area (TPSA) is 71.5 Å². The second kappa shape index (κ2) is 12.4. The number of hydrogen-bond acceptors (Lipinski definition) is 6. The molecule has 9 heteroatoms. The number of thiocarbonyl (C=S) groups is 1. The molecule has 0 aliphatic carbocycles. The highest BCUT2D eigenvalue weighted by molar-refractivity contribution is 7.80. The molecule has 188 valence electrons. The van der Waals surface area contributed by atoms with Crippen LogP contribution in [0.3, 0.4) is 0 Å². The zero-order chi connectivity index (χ0) is 25.5. The van der Waals surface area contributed by atoms with Gasteiger partial charge in [0.05, 0.1) is 23.0 Å². The summed E-state index contributed by atoms with van der Waals surface area (Å²) >= 11 is 13.1. The van der Waals surface area contributed by atoms with Crippen LogP contribution in [0.2, 0.25) is 5.02 Å². The molecule has 0 radical (unpaired) electrons. The third-order valence-electron chi connectivity index (χ3n) is 6.13. The summed E-state index contributed by atoms with van der Waals surface area (Å²) in [7, 11) is 0. The smallest absolute Gasteiger partial charge is 0.306 e. The standard InChI is InChI=1S/C27H28ClN3O3S2/c1-2-34-25(32)12-11-24(35)31-15-13-19(14-16-31)27-30-23(17-36-27)26(33)29-22-6-4-3-5-21(22)18-7-9-20(28)10-8-18/h3-10,17,19H,2,11-16H2,1H3,(H,29,33). The van der Waals surface area contributed by atoms with Crippen molar-refractivity contribution in [3.05, 3.63) is 69.6 Å². The van der Waals surface area contributed by atoms with Gasteiger partial charge in [-0.05, 0) is 43.5 Å². The number of amides is 1. The van der Waals surface area contributed by atoms with Crippen molar-refractivity contribution >= 4 is 57.7 Å². The first-order chi connectivity index (χ1) is 17.4. The lowest BCUT2D eigenvalue weighted by molar-refractivity contribution is -0.142.